The minimum Gasteiger partial charge on any atom is -0.478 e. The first-order valence-electron chi connectivity index (χ1n) is 9.53. The topological polar surface area (TPSA) is 79.3 Å². The zero-order chi connectivity index (χ0) is 21.1. The standard InChI is InChI=1S/C24H20N2O3S/c1-15-5-7-17(8-6-15)18-9-10-21-20(12-18)26-23(30-21)13-22(27)25-14-16-3-2-4-19(11-16)24(28)29/h2-12H,13-14H2,1H3,(H,25,27)(H,28,29). The van der Waals surface area contributed by atoms with Gasteiger partial charge in [-0.3, -0.25) is 4.79 Å². The van der Waals surface area contributed by atoms with Crippen LogP contribution in [0.5, 0.6) is 0 Å². The predicted molar refractivity (Wildman–Crippen MR) is 119 cm³/mol. The second-order valence-corrected chi connectivity index (χ2v) is 8.23. The highest BCUT2D eigenvalue weighted by Gasteiger charge is 2.11. The van der Waals surface area contributed by atoms with E-state index >= 15 is 0 Å². The van der Waals surface area contributed by atoms with Crippen molar-refractivity contribution in [1.82, 2.24) is 10.3 Å². The van der Waals surface area contributed by atoms with Gasteiger partial charge in [0.25, 0.3) is 0 Å². The molecule has 1 amide bonds. The number of carboxylic acids is 1. The van der Waals surface area contributed by atoms with E-state index < -0.39 is 5.97 Å². The smallest absolute Gasteiger partial charge is 0.335 e. The molecular formula is C24H20N2O3S. The van der Waals surface area contributed by atoms with Gasteiger partial charge in [0.05, 0.1) is 22.2 Å². The molecule has 0 radical (unpaired) electrons. The van der Waals surface area contributed by atoms with Crippen molar-refractivity contribution < 1.29 is 14.7 Å². The third kappa shape index (κ3) is 4.55. The van der Waals surface area contributed by atoms with Crippen molar-refractivity contribution in [2.45, 2.75) is 19.9 Å². The molecule has 2 N–H and O–H groups in total. The lowest BCUT2D eigenvalue weighted by Crippen LogP contribution is -2.24. The van der Waals surface area contributed by atoms with Crippen LogP contribution in [0.2, 0.25) is 0 Å². The van der Waals surface area contributed by atoms with Crippen molar-refractivity contribution in [3.8, 4) is 11.1 Å². The van der Waals surface area contributed by atoms with Crippen LogP contribution in [0.1, 0.15) is 26.5 Å². The van der Waals surface area contributed by atoms with Crippen LogP contribution in [0.3, 0.4) is 0 Å². The van der Waals surface area contributed by atoms with Gasteiger partial charge < -0.3 is 10.4 Å². The van der Waals surface area contributed by atoms with Crippen molar-refractivity contribution in [3.05, 3.63) is 88.4 Å². The molecule has 6 heteroatoms. The summed E-state index contributed by atoms with van der Waals surface area (Å²) in [7, 11) is 0. The third-order valence-electron chi connectivity index (χ3n) is 4.79. The van der Waals surface area contributed by atoms with E-state index in [2.05, 4.69) is 53.6 Å². The van der Waals surface area contributed by atoms with E-state index in [-0.39, 0.29) is 24.4 Å². The molecular weight excluding hydrogens is 396 g/mol. The van der Waals surface area contributed by atoms with Crippen LogP contribution in [-0.4, -0.2) is 22.0 Å². The molecule has 0 atom stereocenters. The molecule has 4 aromatic rings. The average Bonchev–Trinajstić information content (AvgIpc) is 3.14. The van der Waals surface area contributed by atoms with Crippen LogP contribution in [-0.2, 0) is 17.8 Å². The summed E-state index contributed by atoms with van der Waals surface area (Å²) in [5.41, 5.74) is 5.29. The quantitative estimate of drug-likeness (QED) is 0.472. The highest BCUT2D eigenvalue weighted by Crippen LogP contribution is 2.28. The number of rotatable bonds is 6. The average molecular weight is 417 g/mol. The summed E-state index contributed by atoms with van der Waals surface area (Å²) in [6.07, 6.45) is 0.192. The van der Waals surface area contributed by atoms with E-state index in [9.17, 15) is 9.59 Å². The van der Waals surface area contributed by atoms with E-state index in [0.717, 1.165) is 31.9 Å². The van der Waals surface area contributed by atoms with Crippen LogP contribution in [0, 0.1) is 6.92 Å². The SMILES string of the molecule is Cc1ccc(-c2ccc3sc(CC(=O)NCc4cccc(C(=O)O)c4)nc3c2)cc1. The molecule has 0 aliphatic heterocycles. The molecule has 0 unspecified atom stereocenters. The van der Waals surface area contributed by atoms with E-state index in [0.29, 0.717) is 0 Å². The number of carbonyl (C=O) groups excluding carboxylic acids is 1. The lowest BCUT2D eigenvalue weighted by atomic mass is 10.0. The Bertz CT molecular complexity index is 1230. The second kappa shape index (κ2) is 8.47. The summed E-state index contributed by atoms with van der Waals surface area (Å²) in [5, 5.41) is 12.6. The van der Waals surface area contributed by atoms with Crippen LogP contribution in [0.15, 0.2) is 66.7 Å². The molecule has 0 bridgehead atoms. The Morgan fingerprint density at radius 2 is 1.77 bits per heavy atom. The Hall–Kier alpha value is -3.51. The van der Waals surface area contributed by atoms with Crippen molar-refractivity contribution >= 4 is 33.4 Å². The number of carbonyl (C=O) groups is 2. The number of nitrogens with zero attached hydrogens (tertiary/aromatic N) is 1. The number of fused-ring (bicyclic) bond motifs is 1. The summed E-state index contributed by atoms with van der Waals surface area (Å²) in [6, 6.07) is 21.1. The highest BCUT2D eigenvalue weighted by atomic mass is 32.1. The lowest BCUT2D eigenvalue weighted by molar-refractivity contribution is -0.120. The molecule has 0 saturated heterocycles. The van der Waals surface area contributed by atoms with Crippen LogP contribution in [0.4, 0.5) is 0 Å². The number of aryl methyl sites for hydroxylation is 1. The second-order valence-electron chi connectivity index (χ2n) is 7.12. The summed E-state index contributed by atoms with van der Waals surface area (Å²) < 4.78 is 1.04. The van der Waals surface area contributed by atoms with E-state index in [1.807, 2.05) is 6.07 Å². The first-order chi connectivity index (χ1) is 14.5. The van der Waals surface area contributed by atoms with E-state index in [1.54, 1.807) is 18.2 Å². The number of benzene rings is 3. The molecule has 30 heavy (non-hydrogen) atoms. The molecule has 5 nitrogen and oxygen atoms in total. The fourth-order valence-electron chi connectivity index (χ4n) is 3.19. The van der Waals surface area contributed by atoms with Gasteiger partial charge in [0.1, 0.15) is 5.01 Å². The van der Waals surface area contributed by atoms with Crippen molar-refractivity contribution in [2.24, 2.45) is 0 Å². The zero-order valence-corrected chi connectivity index (χ0v) is 17.2. The molecule has 0 spiro atoms. The van der Waals surface area contributed by atoms with Gasteiger partial charge in [-0.25, -0.2) is 9.78 Å². The molecule has 0 aliphatic rings. The minimum absolute atomic E-state index is 0.145. The zero-order valence-electron chi connectivity index (χ0n) is 16.4. The fraction of sp³-hybridized carbons (Fsp3) is 0.125. The normalized spacial score (nSPS) is 10.8. The van der Waals surface area contributed by atoms with Crippen molar-refractivity contribution in [3.63, 3.8) is 0 Å². The summed E-state index contributed by atoms with van der Waals surface area (Å²) >= 11 is 1.51. The monoisotopic (exact) mass is 416 g/mol. The van der Waals surface area contributed by atoms with Crippen LogP contribution in [0.25, 0.3) is 21.3 Å². The number of hydrogen-bond acceptors (Lipinski definition) is 4. The molecule has 1 heterocycles. The molecule has 0 saturated carbocycles. The number of aromatic carboxylic acids is 1. The maximum atomic E-state index is 12.3. The van der Waals surface area contributed by atoms with Gasteiger partial charge in [0, 0.05) is 6.54 Å². The Kier molecular flexibility index (Phi) is 5.59. The number of hydrogen-bond donors (Lipinski definition) is 2. The third-order valence-corrected chi connectivity index (χ3v) is 5.83. The first-order valence-corrected chi connectivity index (χ1v) is 10.3. The summed E-state index contributed by atoms with van der Waals surface area (Å²) in [6.45, 7) is 2.34. The van der Waals surface area contributed by atoms with E-state index in [4.69, 9.17) is 5.11 Å². The molecule has 0 fully saturated rings. The maximum absolute atomic E-state index is 12.3. The van der Waals surface area contributed by atoms with Crippen molar-refractivity contribution in [1.29, 1.82) is 0 Å². The Labute approximate surface area is 178 Å². The molecule has 3 aromatic carbocycles. The Balaban J connectivity index is 1.43. The van der Waals surface area contributed by atoms with Gasteiger partial charge in [-0.1, -0.05) is 48.0 Å². The highest BCUT2D eigenvalue weighted by molar-refractivity contribution is 7.18. The largest absolute Gasteiger partial charge is 0.478 e. The van der Waals surface area contributed by atoms with E-state index in [1.165, 1.54) is 23.0 Å². The van der Waals surface area contributed by atoms with Gasteiger partial charge >= 0.3 is 5.97 Å². The first kappa shape index (κ1) is 19.8. The minimum atomic E-state index is -0.984. The van der Waals surface area contributed by atoms with Gasteiger partial charge in [-0.15, -0.1) is 11.3 Å². The molecule has 0 aliphatic carbocycles. The molecule has 150 valence electrons. The maximum Gasteiger partial charge on any atom is 0.335 e. The van der Waals surface area contributed by atoms with Crippen LogP contribution >= 0.6 is 11.3 Å². The summed E-state index contributed by atoms with van der Waals surface area (Å²) in [5.74, 6) is -1.13. The molecule has 1 aromatic heterocycles. The Morgan fingerprint density at radius 1 is 1.00 bits per heavy atom. The number of nitrogens with one attached hydrogen (secondary N) is 1. The van der Waals surface area contributed by atoms with Gasteiger partial charge in [0.15, 0.2) is 0 Å². The van der Waals surface area contributed by atoms with Gasteiger partial charge in [0.2, 0.25) is 5.91 Å². The van der Waals surface area contributed by atoms with Crippen molar-refractivity contribution in [2.75, 3.05) is 0 Å². The number of aromatic nitrogens is 1. The van der Waals surface area contributed by atoms with Gasteiger partial charge in [-0.05, 0) is 47.9 Å². The Morgan fingerprint density at radius 3 is 2.53 bits per heavy atom. The lowest BCUT2D eigenvalue weighted by Gasteiger charge is -2.05. The number of carboxylic acid groups (broad SMARTS) is 1. The molecule has 4 rings (SSSR count). The number of thiazole rings is 1. The van der Waals surface area contributed by atoms with Crippen LogP contribution < -0.4 is 5.32 Å². The number of amides is 1. The fourth-order valence-corrected chi connectivity index (χ4v) is 4.14. The van der Waals surface area contributed by atoms with Gasteiger partial charge in [-0.2, -0.15) is 0 Å². The summed E-state index contributed by atoms with van der Waals surface area (Å²) in [4.78, 5) is 28.0. The predicted octanol–water partition coefficient (Wildman–Crippen LogP) is 4.83.